The Labute approximate surface area is 169 Å². The Balaban J connectivity index is 2.78. The van der Waals surface area contributed by atoms with Gasteiger partial charge in [0.15, 0.2) is 0 Å². The lowest BCUT2D eigenvalue weighted by atomic mass is 10.0. The molecule has 0 spiro atoms. The fourth-order valence-electron chi connectivity index (χ4n) is 2.65. The van der Waals surface area contributed by atoms with Gasteiger partial charge in [0, 0.05) is 19.8 Å². The summed E-state index contributed by atoms with van der Waals surface area (Å²) >= 11 is 0. The molecule has 0 aliphatic carbocycles. The molecule has 0 bridgehead atoms. The topological polar surface area (TPSA) is 128 Å². The van der Waals surface area contributed by atoms with E-state index in [1.165, 1.54) is 14.0 Å². The van der Waals surface area contributed by atoms with Crippen LogP contribution >= 0.6 is 0 Å². The Morgan fingerprint density at radius 3 is 2.14 bits per heavy atom. The van der Waals surface area contributed by atoms with Crippen LogP contribution in [0.25, 0.3) is 0 Å². The highest BCUT2D eigenvalue weighted by atomic mass is 16.5. The summed E-state index contributed by atoms with van der Waals surface area (Å²) in [6, 6.07) is 7.18. The van der Waals surface area contributed by atoms with E-state index < -0.39 is 35.7 Å². The number of ketones is 1. The zero-order chi connectivity index (χ0) is 21.8. The number of benzene rings is 1. The molecule has 0 saturated heterocycles. The second-order valence-corrected chi connectivity index (χ2v) is 6.33. The van der Waals surface area contributed by atoms with E-state index in [2.05, 4.69) is 15.4 Å². The highest BCUT2D eigenvalue weighted by Crippen LogP contribution is 2.08. The van der Waals surface area contributed by atoms with Gasteiger partial charge in [0.25, 0.3) is 0 Å². The highest BCUT2D eigenvalue weighted by molar-refractivity contribution is 6.33. The second-order valence-electron chi connectivity index (χ2n) is 6.33. The summed E-state index contributed by atoms with van der Waals surface area (Å²) in [5, 5.41) is 5.12. The maximum Gasteiger partial charge on any atom is 0.374 e. The zero-order valence-corrected chi connectivity index (χ0v) is 16.7. The monoisotopic (exact) mass is 406 g/mol. The van der Waals surface area contributed by atoms with Gasteiger partial charge in [-0.25, -0.2) is 9.59 Å². The second kappa shape index (κ2) is 12.3. The third-order valence-corrected chi connectivity index (χ3v) is 4.09. The molecule has 0 radical (unpaired) electrons. The van der Waals surface area contributed by atoms with Crippen molar-refractivity contribution in [3.8, 4) is 0 Å². The largest absolute Gasteiger partial charge is 0.467 e. The average molecular weight is 406 g/mol. The van der Waals surface area contributed by atoms with Crippen LogP contribution in [-0.2, 0) is 39.9 Å². The summed E-state index contributed by atoms with van der Waals surface area (Å²) < 4.78 is 9.04. The van der Waals surface area contributed by atoms with Crippen LogP contribution in [-0.4, -0.2) is 55.8 Å². The van der Waals surface area contributed by atoms with Gasteiger partial charge in [-0.3, -0.25) is 14.4 Å². The molecule has 0 saturated carbocycles. The van der Waals surface area contributed by atoms with Crippen molar-refractivity contribution >= 4 is 29.5 Å². The van der Waals surface area contributed by atoms with Crippen LogP contribution in [0, 0.1) is 0 Å². The quantitative estimate of drug-likeness (QED) is 0.400. The maximum atomic E-state index is 12.7. The molecule has 1 aromatic rings. The van der Waals surface area contributed by atoms with Crippen molar-refractivity contribution < 1.29 is 33.4 Å². The third-order valence-electron chi connectivity index (χ3n) is 4.09. The SMILES string of the molecule is COC(=O)C(=O)CCCC(NC(=O)C(Cc1ccccc1)NC(C)=O)C(=O)OC. The van der Waals surface area contributed by atoms with Gasteiger partial charge in [-0.2, -0.15) is 0 Å². The fourth-order valence-corrected chi connectivity index (χ4v) is 2.65. The van der Waals surface area contributed by atoms with Gasteiger partial charge in [0.1, 0.15) is 12.1 Å². The summed E-state index contributed by atoms with van der Waals surface area (Å²) in [6.45, 7) is 1.29. The molecule has 2 atom stereocenters. The van der Waals surface area contributed by atoms with Crippen LogP contribution in [0.1, 0.15) is 31.7 Å². The lowest BCUT2D eigenvalue weighted by molar-refractivity contribution is -0.151. The van der Waals surface area contributed by atoms with Crippen LogP contribution in [0.3, 0.4) is 0 Å². The van der Waals surface area contributed by atoms with Crippen LogP contribution in [0.2, 0.25) is 0 Å². The van der Waals surface area contributed by atoms with E-state index in [4.69, 9.17) is 4.74 Å². The summed E-state index contributed by atoms with van der Waals surface area (Å²) in [6.07, 6.45) is 0.354. The van der Waals surface area contributed by atoms with Crippen molar-refractivity contribution in [2.24, 2.45) is 0 Å². The molecule has 2 N–H and O–H groups in total. The molecule has 0 fully saturated rings. The Bertz CT molecular complexity index is 734. The van der Waals surface area contributed by atoms with Gasteiger partial charge in [-0.05, 0) is 18.4 Å². The summed E-state index contributed by atoms with van der Waals surface area (Å²) in [5.41, 5.74) is 0.833. The van der Waals surface area contributed by atoms with Crippen molar-refractivity contribution in [1.29, 1.82) is 0 Å². The third kappa shape index (κ3) is 8.54. The van der Waals surface area contributed by atoms with Gasteiger partial charge >= 0.3 is 11.9 Å². The van der Waals surface area contributed by atoms with Gasteiger partial charge in [0.2, 0.25) is 17.6 Å². The Morgan fingerprint density at radius 1 is 0.931 bits per heavy atom. The molecule has 0 aliphatic heterocycles. The molecule has 29 heavy (non-hydrogen) atoms. The fraction of sp³-hybridized carbons (Fsp3) is 0.450. The van der Waals surface area contributed by atoms with E-state index in [9.17, 15) is 24.0 Å². The molecule has 158 valence electrons. The van der Waals surface area contributed by atoms with Crippen molar-refractivity contribution in [2.45, 2.75) is 44.7 Å². The lowest BCUT2D eigenvalue weighted by Gasteiger charge is -2.22. The van der Waals surface area contributed by atoms with E-state index in [0.717, 1.165) is 12.7 Å². The van der Waals surface area contributed by atoms with E-state index in [1.54, 1.807) is 0 Å². The molecule has 1 aromatic carbocycles. The van der Waals surface area contributed by atoms with Crippen LogP contribution in [0.5, 0.6) is 0 Å². The molecule has 9 nitrogen and oxygen atoms in total. The molecule has 9 heteroatoms. The summed E-state index contributed by atoms with van der Waals surface area (Å²) in [4.78, 5) is 58.9. The van der Waals surface area contributed by atoms with E-state index in [1.807, 2.05) is 30.3 Å². The molecule has 0 heterocycles. The number of carbonyl (C=O) groups excluding carboxylic acids is 5. The molecular weight excluding hydrogens is 380 g/mol. The number of hydrogen-bond donors (Lipinski definition) is 2. The number of amides is 2. The smallest absolute Gasteiger partial charge is 0.374 e. The van der Waals surface area contributed by atoms with Crippen molar-refractivity contribution in [2.75, 3.05) is 14.2 Å². The number of rotatable bonds is 11. The van der Waals surface area contributed by atoms with Crippen LogP contribution < -0.4 is 10.6 Å². The number of ether oxygens (including phenoxy) is 2. The minimum atomic E-state index is -1.02. The lowest BCUT2D eigenvalue weighted by Crippen LogP contribution is -2.52. The van der Waals surface area contributed by atoms with Gasteiger partial charge in [-0.1, -0.05) is 30.3 Å². The highest BCUT2D eigenvalue weighted by Gasteiger charge is 2.27. The van der Waals surface area contributed by atoms with E-state index >= 15 is 0 Å². The van der Waals surface area contributed by atoms with Gasteiger partial charge in [-0.15, -0.1) is 0 Å². The Hall–Kier alpha value is -3.23. The van der Waals surface area contributed by atoms with Crippen LogP contribution in [0.4, 0.5) is 0 Å². The Morgan fingerprint density at radius 2 is 1.59 bits per heavy atom. The van der Waals surface area contributed by atoms with Gasteiger partial charge in [0.05, 0.1) is 14.2 Å². The van der Waals surface area contributed by atoms with Crippen molar-refractivity contribution in [1.82, 2.24) is 10.6 Å². The van der Waals surface area contributed by atoms with E-state index in [-0.39, 0.29) is 31.6 Å². The minimum absolute atomic E-state index is 0.0826. The summed E-state index contributed by atoms with van der Waals surface area (Å²) in [7, 11) is 2.28. The Kier molecular flexibility index (Phi) is 10.1. The van der Waals surface area contributed by atoms with Crippen molar-refractivity contribution in [3.05, 3.63) is 35.9 Å². The predicted octanol–water partition coefficient (Wildman–Crippen LogP) is 0.304. The number of esters is 2. The molecule has 2 amide bonds. The number of hydrogen-bond acceptors (Lipinski definition) is 7. The van der Waals surface area contributed by atoms with Gasteiger partial charge < -0.3 is 20.1 Å². The first-order valence-corrected chi connectivity index (χ1v) is 9.08. The molecular formula is C20H26N2O7. The van der Waals surface area contributed by atoms with Crippen LogP contribution in [0.15, 0.2) is 30.3 Å². The number of methoxy groups -OCH3 is 2. The predicted molar refractivity (Wildman–Crippen MR) is 103 cm³/mol. The molecule has 0 aromatic heterocycles. The number of carbonyl (C=O) groups is 5. The first-order valence-electron chi connectivity index (χ1n) is 9.08. The first kappa shape index (κ1) is 23.8. The maximum absolute atomic E-state index is 12.7. The number of nitrogens with one attached hydrogen (secondary N) is 2. The summed E-state index contributed by atoms with van der Waals surface area (Å²) in [5.74, 6) is -3.32. The first-order chi connectivity index (χ1) is 13.8. The minimum Gasteiger partial charge on any atom is -0.467 e. The molecule has 1 rings (SSSR count). The standard InChI is InChI=1S/C20H26N2O7/c1-13(23)21-16(12-14-8-5-4-6-9-14)18(25)22-15(19(26)28-2)10-7-11-17(24)20(27)29-3/h4-6,8-9,15-16H,7,10-12H2,1-3H3,(H,21,23)(H,22,25). The zero-order valence-electron chi connectivity index (χ0n) is 16.7. The normalized spacial score (nSPS) is 12.2. The van der Waals surface area contributed by atoms with E-state index in [0.29, 0.717) is 0 Å². The number of Topliss-reactive ketones (excluding diaryl/α,β-unsaturated/α-hetero) is 1. The molecule has 0 aliphatic rings. The van der Waals surface area contributed by atoms with Crippen molar-refractivity contribution in [3.63, 3.8) is 0 Å². The molecule has 2 unspecified atom stereocenters. The average Bonchev–Trinajstić information content (AvgIpc) is 2.71.